The summed E-state index contributed by atoms with van der Waals surface area (Å²) in [7, 11) is 3.11. The van der Waals surface area contributed by atoms with Crippen molar-refractivity contribution in [1.29, 1.82) is 0 Å². The molecule has 0 bridgehead atoms. The fraction of sp³-hybridized carbons (Fsp3) is 0.458. The second-order valence-electron chi connectivity index (χ2n) is 7.80. The standard InChI is InChI=1S/C24H32F2N4O2/c1-27-24(29-16-20-10-11-21(31-2)22(14-20)32-23(25)26)28-15-18-6-8-19(9-7-18)17-30-12-4-3-5-13-30/h6-11,14,23H,3-5,12-13,15-17H2,1-2H3,(H2,27,28,29). The van der Waals surface area contributed by atoms with E-state index >= 15 is 0 Å². The highest BCUT2D eigenvalue weighted by molar-refractivity contribution is 5.79. The Balaban J connectivity index is 1.48. The molecule has 1 aliphatic rings. The Kier molecular flexibility index (Phi) is 9.10. The fourth-order valence-corrected chi connectivity index (χ4v) is 3.75. The number of piperidine rings is 1. The monoisotopic (exact) mass is 446 g/mol. The van der Waals surface area contributed by atoms with Gasteiger partial charge in [-0.15, -0.1) is 0 Å². The van der Waals surface area contributed by atoms with Crippen LogP contribution >= 0.6 is 0 Å². The summed E-state index contributed by atoms with van der Waals surface area (Å²) in [4.78, 5) is 6.74. The van der Waals surface area contributed by atoms with Crippen LogP contribution in [0.1, 0.15) is 36.0 Å². The Labute approximate surface area is 188 Å². The van der Waals surface area contributed by atoms with E-state index in [9.17, 15) is 8.78 Å². The number of benzene rings is 2. The molecule has 32 heavy (non-hydrogen) atoms. The van der Waals surface area contributed by atoms with E-state index in [0.29, 0.717) is 19.0 Å². The van der Waals surface area contributed by atoms with Crippen molar-refractivity contribution in [3.8, 4) is 11.5 Å². The molecule has 1 heterocycles. The van der Waals surface area contributed by atoms with Crippen LogP contribution in [-0.4, -0.2) is 44.7 Å². The van der Waals surface area contributed by atoms with Crippen LogP contribution in [0, 0.1) is 0 Å². The number of ether oxygens (including phenoxy) is 2. The first kappa shape index (κ1) is 23.8. The van der Waals surface area contributed by atoms with Gasteiger partial charge >= 0.3 is 6.61 Å². The van der Waals surface area contributed by atoms with Crippen molar-refractivity contribution in [2.75, 3.05) is 27.2 Å². The molecular weight excluding hydrogens is 414 g/mol. The Morgan fingerprint density at radius 3 is 2.19 bits per heavy atom. The molecule has 1 fully saturated rings. The van der Waals surface area contributed by atoms with Gasteiger partial charge in [-0.2, -0.15) is 8.78 Å². The van der Waals surface area contributed by atoms with Crippen LogP contribution in [0.15, 0.2) is 47.5 Å². The summed E-state index contributed by atoms with van der Waals surface area (Å²) >= 11 is 0. The molecule has 3 rings (SSSR count). The zero-order valence-electron chi connectivity index (χ0n) is 18.7. The lowest BCUT2D eigenvalue weighted by Crippen LogP contribution is -2.36. The van der Waals surface area contributed by atoms with Gasteiger partial charge in [0.05, 0.1) is 7.11 Å². The van der Waals surface area contributed by atoms with Crippen molar-refractivity contribution >= 4 is 5.96 Å². The second kappa shape index (κ2) is 12.2. The molecule has 8 heteroatoms. The van der Waals surface area contributed by atoms with Gasteiger partial charge in [-0.3, -0.25) is 9.89 Å². The fourth-order valence-electron chi connectivity index (χ4n) is 3.75. The highest BCUT2D eigenvalue weighted by atomic mass is 19.3. The maximum atomic E-state index is 12.6. The molecular formula is C24H32F2N4O2. The van der Waals surface area contributed by atoms with Crippen LogP contribution in [0.3, 0.4) is 0 Å². The summed E-state index contributed by atoms with van der Waals surface area (Å²) in [6, 6.07) is 13.6. The van der Waals surface area contributed by atoms with Crippen molar-refractivity contribution in [3.05, 3.63) is 59.2 Å². The minimum absolute atomic E-state index is 0.00869. The van der Waals surface area contributed by atoms with E-state index in [0.717, 1.165) is 17.7 Å². The molecule has 0 spiro atoms. The molecule has 174 valence electrons. The average molecular weight is 447 g/mol. The molecule has 6 nitrogen and oxygen atoms in total. The van der Waals surface area contributed by atoms with Crippen molar-refractivity contribution in [2.45, 2.75) is 45.5 Å². The smallest absolute Gasteiger partial charge is 0.387 e. The third-order valence-electron chi connectivity index (χ3n) is 5.47. The third kappa shape index (κ3) is 7.37. The predicted molar refractivity (Wildman–Crippen MR) is 122 cm³/mol. The molecule has 0 saturated carbocycles. The van der Waals surface area contributed by atoms with Gasteiger partial charge in [-0.1, -0.05) is 36.8 Å². The van der Waals surface area contributed by atoms with Gasteiger partial charge in [0.2, 0.25) is 0 Å². The minimum atomic E-state index is -2.91. The predicted octanol–water partition coefficient (Wildman–Crippen LogP) is 4.15. The largest absolute Gasteiger partial charge is 0.493 e. The van der Waals surface area contributed by atoms with Gasteiger partial charge in [-0.25, -0.2) is 0 Å². The van der Waals surface area contributed by atoms with Gasteiger partial charge in [0.25, 0.3) is 0 Å². The summed E-state index contributed by atoms with van der Waals surface area (Å²) in [6.45, 7) is 1.51. The summed E-state index contributed by atoms with van der Waals surface area (Å²) in [5.74, 6) is 0.893. The Bertz CT molecular complexity index is 869. The minimum Gasteiger partial charge on any atom is -0.493 e. The van der Waals surface area contributed by atoms with E-state index in [-0.39, 0.29) is 11.5 Å². The van der Waals surface area contributed by atoms with E-state index < -0.39 is 6.61 Å². The molecule has 1 saturated heterocycles. The molecule has 0 amide bonds. The van der Waals surface area contributed by atoms with Crippen molar-refractivity contribution in [1.82, 2.24) is 15.5 Å². The van der Waals surface area contributed by atoms with E-state index in [4.69, 9.17) is 4.74 Å². The molecule has 0 atom stereocenters. The number of rotatable bonds is 9. The number of methoxy groups -OCH3 is 1. The van der Waals surface area contributed by atoms with Gasteiger partial charge in [0.1, 0.15) is 0 Å². The van der Waals surface area contributed by atoms with Crippen LogP contribution in [-0.2, 0) is 19.6 Å². The quantitative estimate of drug-likeness (QED) is 0.448. The first-order valence-corrected chi connectivity index (χ1v) is 10.9. The SMILES string of the molecule is CN=C(NCc1ccc(CN2CCCCC2)cc1)NCc1ccc(OC)c(OC(F)F)c1. The number of likely N-dealkylation sites (tertiary alicyclic amines) is 1. The summed E-state index contributed by atoms with van der Waals surface area (Å²) in [6.07, 6.45) is 3.94. The maximum Gasteiger partial charge on any atom is 0.387 e. The normalized spacial score (nSPS) is 15.0. The molecule has 2 aromatic carbocycles. The van der Waals surface area contributed by atoms with Crippen LogP contribution in [0.5, 0.6) is 11.5 Å². The third-order valence-corrected chi connectivity index (χ3v) is 5.47. The zero-order chi connectivity index (χ0) is 22.8. The molecule has 1 aliphatic heterocycles. The molecule has 0 radical (unpaired) electrons. The molecule has 0 aromatic heterocycles. The van der Waals surface area contributed by atoms with Gasteiger partial charge in [-0.05, 0) is 54.8 Å². The van der Waals surface area contributed by atoms with Crippen LogP contribution in [0.4, 0.5) is 8.78 Å². The van der Waals surface area contributed by atoms with Gasteiger partial charge in [0.15, 0.2) is 17.5 Å². The topological polar surface area (TPSA) is 58.1 Å². The second-order valence-corrected chi connectivity index (χ2v) is 7.80. The maximum absolute atomic E-state index is 12.6. The van der Waals surface area contributed by atoms with E-state index in [1.165, 1.54) is 51.1 Å². The summed E-state index contributed by atoms with van der Waals surface area (Å²) in [5.41, 5.74) is 3.26. The summed E-state index contributed by atoms with van der Waals surface area (Å²) in [5, 5.41) is 6.47. The van der Waals surface area contributed by atoms with E-state index in [1.807, 2.05) is 0 Å². The first-order chi connectivity index (χ1) is 15.6. The molecule has 0 aliphatic carbocycles. The van der Waals surface area contributed by atoms with Crippen LogP contribution < -0.4 is 20.1 Å². The first-order valence-electron chi connectivity index (χ1n) is 10.9. The Hall–Kier alpha value is -2.87. The number of nitrogens with zero attached hydrogens (tertiary/aromatic N) is 2. The number of alkyl halides is 2. The lowest BCUT2D eigenvalue weighted by molar-refractivity contribution is -0.0512. The lowest BCUT2D eigenvalue weighted by Gasteiger charge is -2.26. The van der Waals surface area contributed by atoms with Gasteiger partial charge in [0, 0.05) is 26.7 Å². The number of hydrogen-bond donors (Lipinski definition) is 2. The molecule has 2 N–H and O–H groups in total. The van der Waals surface area contributed by atoms with Crippen molar-refractivity contribution in [2.24, 2.45) is 4.99 Å². The number of hydrogen-bond acceptors (Lipinski definition) is 4. The highest BCUT2D eigenvalue weighted by Crippen LogP contribution is 2.29. The summed E-state index contributed by atoms with van der Waals surface area (Å²) < 4.78 is 34.8. The zero-order valence-corrected chi connectivity index (χ0v) is 18.7. The number of halogens is 2. The molecule has 2 aromatic rings. The van der Waals surface area contributed by atoms with Gasteiger partial charge < -0.3 is 20.1 Å². The van der Waals surface area contributed by atoms with Crippen molar-refractivity contribution in [3.63, 3.8) is 0 Å². The van der Waals surface area contributed by atoms with E-state index in [1.54, 1.807) is 19.2 Å². The lowest BCUT2D eigenvalue weighted by atomic mass is 10.1. The van der Waals surface area contributed by atoms with Crippen molar-refractivity contribution < 1.29 is 18.3 Å². The van der Waals surface area contributed by atoms with E-state index in [2.05, 4.69) is 49.5 Å². The number of nitrogens with one attached hydrogen (secondary N) is 2. The Morgan fingerprint density at radius 2 is 1.56 bits per heavy atom. The van der Waals surface area contributed by atoms with Crippen LogP contribution in [0.25, 0.3) is 0 Å². The van der Waals surface area contributed by atoms with Crippen LogP contribution in [0.2, 0.25) is 0 Å². The number of guanidine groups is 1. The average Bonchev–Trinajstić information content (AvgIpc) is 2.80. The number of aliphatic imine (C=N–C) groups is 1. The Morgan fingerprint density at radius 1 is 0.938 bits per heavy atom. The highest BCUT2D eigenvalue weighted by Gasteiger charge is 2.12. The molecule has 0 unspecified atom stereocenters.